The average molecular weight is 487 g/mol. The quantitative estimate of drug-likeness (QED) is 0.255. The first kappa shape index (κ1) is 24.8. The number of hydrogen-bond acceptors (Lipinski definition) is 7. The van der Waals surface area contributed by atoms with Crippen LogP contribution in [0.25, 0.3) is 0 Å². The number of nitrogens with zero attached hydrogens (tertiary/aromatic N) is 4. The summed E-state index contributed by atoms with van der Waals surface area (Å²) < 4.78 is 15.5. The van der Waals surface area contributed by atoms with Crippen LogP contribution in [0, 0.1) is 15.9 Å². The smallest absolute Gasteiger partial charge is 0.269 e. The second-order valence-corrected chi connectivity index (χ2v) is 8.42. The standard InChI is InChI=1S/C22H23FN6O4S/c1-3-18(21(31)25-14-8-10-15(11-9-14)29(32)33)34-22-27-26-19(28(22)2)12-13-24-20(30)16-6-4-5-7-17(16)23/h4-11,18H,3,12-13H2,1-2H3,(H,24,30)(H,25,31)/t18-/m1/s1. The zero-order valence-electron chi connectivity index (χ0n) is 18.5. The first-order valence-electron chi connectivity index (χ1n) is 10.4. The summed E-state index contributed by atoms with van der Waals surface area (Å²) in [6.45, 7) is 2.10. The summed E-state index contributed by atoms with van der Waals surface area (Å²) in [5.41, 5.74) is 0.372. The van der Waals surface area contributed by atoms with Gasteiger partial charge < -0.3 is 15.2 Å². The number of aromatic nitrogens is 3. The lowest BCUT2D eigenvalue weighted by Gasteiger charge is -2.14. The van der Waals surface area contributed by atoms with Crippen LogP contribution >= 0.6 is 11.8 Å². The molecular weight excluding hydrogens is 463 g/mol. The number of nitro groups is 1. The van der Waals surface area contributed by atoms with Gasteiger partial charge in [0.1, 0.15) is 11.6 Å². The van der Waals surface area contributed by atoms with Crippen molar-refractivity contribution in [3.05, 3.63) is 75.9 Å². The van der Waals surface area contributed by atoms with Crippen LogP contribution in [-0.2, 0) is 18.3 Å². The number of amides is 2. The first-order chi connectivity index (χ1) is 16.3. The molecule has 0 unspecified atom stereocenters. The third-order valence-electron chi connectivity index (χ3n) is 4.93. The summed E-state index contributed by atoms with van der Waals surface area (Å²) in [5, 5.41) is 24.5. The monoisotopic (exact) mass is 486 g/mol. The number of anilines is 1. The van der Waals surface area contributed by atoms with Gasteiger partial charge in [-0.1, -0.05) is 30.8 Å². The number of non-ortho nitro benzene ring substituents is 1. The van der Waals surface area contributed by atoms with E-state index in [1.807, 2.05) is 6.92 Å². The molecule has 0 saturated carbocycles. The largest absolute Gasteiger partial charge is 0.351 e. The summed E-state index contributed by atoms with van der Waals surface area (Å²) in [6, 6.07) is 11.3. The van der Waals surface area contributed by atoms with E-state index in [0.717, 1.165) is 0 Å². The van der Waals surface area contributed by atoms with Crippen LogP contribution in [0.15, 0.2) is 53.7 Å². The van der Waals surface area contributed by atoms with Gasteiger partial charge in [0.2, 0.25) is 5.91 Å². The minimum Gasteiger partial charge on any atom is -0.351 e. The molecule has 10 nitrogen and oxygen atoms in total. The van der Waals surface area contributed by atoms with Gasteiger partial charge in [0.15, 0.2) is 5.16 Å². The van der Waals surface area contributed by atoms with Crippen LogP contribution in [0.2, 0.25) is 0 Å². The zero-order chi connectivity index (χ0) is 24.7. The number of hydrogen-bond donors (Lipinski definition) is 2. The summed E-state index contributed by atoms with van der Waals surface area (Å²) in [4.78, 5) is 35.1. The molecule has 2 N–H and O–H groups in total. The number of nitro benzene ring substituents is 1. The molecule has 1 heterocycles. The Morgan fingerprint density at radius 1 is 1.18 bits per heavy atom. The third kappa shape index (κ3) is 6.16. The fourth-order valence-corrected chi connectivity index (χ4v) is 3.97. The van der Waals surface area contributed by atoms with E-state index >= 15 is 0 Å². The predicted octanol–water partition coefficient (Wildman–Crippen LogP) is 3.34. The third-order valence-corrected chi connectivity index (χ3v) is 6.33. The zero-order valence-corrected chi connectivity index (χ0v) is 19.3. The van der Waals surface area contributed by atoms with Gasteiger partial charge in [-0.15, -0.1) is 10.2 Å². The normalized spacial score (nSPS) is 11.6. The van der Waals surface area contributed by atoms with E-state index in [1.54, 1.807) is 17.7 Å². The highest BCUT2D eigenvalue weighted by Crippen LogP contribution is 2.25. The molecule has 0 aliphatic carbocycles. The Kier molecular flexibility index (Phi) is 8.30. The van der Waals surface area contributed by atoms with Crippen LogP contribution in [0.5, 0.6) is 0 Å². The summed E-state index contributed by atoms with van der Waals surface area (Å²) >= 11 is 1.24. The van der Waals surface area contributed by atoms with Crippen LogP contribution in [0.1, 0.15) is 29.5 Å². The molecule has 0 saturated heterocycles. The van der Waals surface area contributed by atoms with Crippen LogP contribution in [0.4, 0.5) is 15.8 Å². The second kappa shape index (κ2) is 11.4. The van der Waals surface area contributed by atoms with Gasteiger partial charge in [-0.25, -0.2) is 4.39 Å². The van der Waals surface area contributed by atoms with Gasteiger partial charge in [-0.05, 0) is 30.7 Å². The maximum atomic E-state index is 13.7. The summed E-state index contributed by atoms with van der Waals surface area (Å²) in [7, 11) is 1.76. The SMILES string of the molecule is CC[C@@H](Sc1nnc(CCNC(=O)c2ccccc2F)n1C)C(=O)Nc1ccc([N+](=O)[O-])cc1. The lowest BCUT2D eigenvalue weighted by molar-refractivity contribution is -0.384. The Labute approximate surface area is 199 Å². The van der Waals surface area contributed by atoms with Crippen molar-refractivity contribution < 1.29 is 18.9 Å². The minimum absolute atomic E-state index is 0.0264. The van der Waals surface area contributed by atoms with Gasteiger partial charge in [0.25, 0.3) is 11.6 Å². The highest BCUT2D eigenvalue weighted by atomic mass is 32.2. The highest BCUT2D eigenvalue weighted by Gasteiger charge is 2.22. The van der Waals surface area contributed by atoms with Crippen molar-refractivity contribution in [2.75, 3.05) is 11.9 Å². The van der Waals surface area contributed by atoms with Crippen LogP contribution in [0.3, 0.4) is 0 Å². The molecule has 2 aromatic carbocycles. The van der Waals surface area contributed by atoms with E-state index in [0.29, 0.717) is 29.5 Å². The van der Waals surface area contributed by atoms with E-state index in [4.69, 9.17) is 0 Å². The summed E-state index contributed by atoms with van der Waals surface area (Å²) in [6.07, 6.45) is 0.889. The lowest BCUT2D eigenvalue weighted by Crippen LogP contribution is -2.27. The Morgan fingerprint density at radius 2 is 1.88 bits per heavy atom. The van der Waals surface area contributed by atoms with Crippen molar-refractivity contribution in [3.63, 3.8) is 0 Å². The minimum atomic E-state index is -0.588. The maximum Gasteiger partial charge on any atom is 0.269 e. The number of rotatable bonds is 10. The number of carbonyl (C=O) groups is 2. The molecule has 1 aromatic heterocycles. The summed E-state index contributed by atoms with van der Waals surface area (Å²) in [5.74, 6) is -0.760. The van der Waals surface area contributed by atoms with Crippen molar-refractivity contribution >= 4 is 35.0 Å². The van der Waals surface area contributed by atoms with Crippen molar-refractivity contribution in [2.45, 2.75) is 30.2 Å². The highest BCUT2D eigenvalue weighted by molar-refractivity contribution is 8.00. The fourth-order valence-electron chi connectivity index (χ4n) is 3.03. The molecule has 34 heavy (non-hydrogen) atoms. The van der Waals surface area contributed by atoms with E-state index < -0.39 is 21.9 Å². The van der Waals surface area contributed by atoms with Crippen molar-refractivity contribution in [2.24, 2.45) is 7.05 Å². The van der Waals surface area contributed by atoms with Gasteiger partial charge in [0.05, 0.1) is 15.7 Å². The van der Waals surface area contributed by atoms with E-state index in [2.05, 4.69) is 20.8 Å². The van der Waals surface area contributed by atoms with Gasteiger partial charge in [-0.3, -0.25) is 19.7 Å². The van der Waals surface area contributed by atoms with Gasteiger partial charge >= 0.3 is 0 Å². The Bertz CT molecular complexity index is 1180. The lowest BCUT2D eigenvalue weighted by atomic mass is 10.2. The topological polar surface area (TPSA) is 132 Å². The predicted molar refractivity (Wildman–Crippen MR) is 125 cm³/mol. The molecule has 0 bridgehead atoms. The Balaban J connectivity index is 1.56. The number of carbonyl (C=O) groups excluding carboxylic acids is 2. The van der Waals surface area contributed by atoms with Crippen molar-refractivity contribution in [1.82, 2.24) is 20.1 Å². The number of benzene rings is 2. The first-order valence-corrected chi connectivity index (χ1v) is 11.3. The van der Waals surface area contributed by atoms with Crippen molar-refractivity contribution in [1.29, 1.82) is 0 Å². The molecule has 12 heteroatoms. The van der Waals surface area contributed by atoms with Crippen LogP contribution in [-0.4, -0.2) is 43.3 Å². The Morgan fingerprint density at radius 3 is 2.53 bits per heavy atom. The van der Waals surface area contributed by atoms with Gasteiger partial charge in [0, 0.05) is 37.8 Å². The maximum absolute atomic E-state index is 13.7. The molecule has 0 aliphatic heterocycles. The molecule has 0 fully saturated rings. The van der Waals surface area contributed by atoms with Crippen molar-refractivity contribution in [3.8, 4) is 0 Å². The molecule has 0 aliphatic rings. The Hall–Kier alpha value is -3.80. The number of nitrogens with one attached hydrogen (secondary N) is 2. The van der Waals surface area contributed by atoms with E-state index in [1.165, 1.54) is 54.2 Å². The fraction of sp³-hybridized carbons (Fsp3) is 0.273. The average Bonchev–Trinajstić information content (AvgIpc) is 3.16. The molecule has 1 atom stereocenters. The number of halogens is 1. The van der Waals surface area contributed by atoms with E-state index in [9.17, 15) is 24.1 Å². The van der Waals surface area contributed by atoms with E-state index in [-0.39, 0.29) is 23.7 Å². The molecule has 3 aromatic rings. The molecule has 0 spiro atoms. The number of thioether (sulfide) groups is 1. The molecular formula is C22H23FN6O4S. The molecule has 0 radical (unpaired) electrons. The molecule has 178 valence electrons. The molecule has 2 amide bonds. The van der Waals surface area contributed by atoms with Gasteiger partial charge in [-0.2, -0.15) is 0 Å². The second-order valence-electron chi connectivity index (χ2n) is 7.25. The van der Waals surface area contributed by atoms with Crippen LogP contribution < -0.4 is 10.6 Å². The molecule has 3 rings (SSSR count).